The third-order valence-electron chi connectivity index (χ3n) is 2.77. The first-order valence-corrected chi connectivity index (χ1v) is 5.34. The van der Waals surface area contributed by atoms with E-state index in [9.17, 15) is 0 Å². The molecule has 1 aliphatic heterocycles. The minimum Gasteiger partial charge on any atom is -0.379 e. The lowest BCUT2D eigenvalue weighted by molar-refractivity contribution is 0.0105. The van der Waals surface area contributed by atoms with E-state index in [1.54, 1.807) is 0 Å². The Labute approximate surface area is 89.8 Å². The van der Waals surface area contributed by atoms with E-state index in [2.05, 4.69) is 27.6 Å². The SMILES string of the molecule is Cc1n[nH]c(C)c1CNN1CCOCC1. The smallest absolute Gasteiger partial charge is 0.0639 e. The predicted molar refractivity (Wildman–Crippen MR) is 57.3 cm³/mol. The van der Waals surface area contributed by atoms with Gasteiger partial charge in [0.15, 0.2) is 0 Å². The molecule has 0 unspecified atom stereocenters. The maximum Gasteiger partial charge on any atom is 0.0639 e. The molecule has 1 fully saturated rings. The van der Waals surface area contributed by atoms with Gasteiger partial charge in [0.2, 0.25) is 0 Å². The Bertz CT molecular complexity index is 298. The summed E-state index contributed by atoms with van der Waals surface area (Å²) in [4.78, 5) is 0. The van der Waals surface area contributed by atoms with Crippen LogP contribution < -0.4 is 5.43 Å². The van der Waals surface area contributed by atoms with E-state index in [0.717, 1.165) is 44.2 Å². The number of hydrogen-bond donors (Lipinski definition) is 2. The first kappa shape index (κ1) is 10.6. The van der Waals surface area contributed by atoms with Crippen molar-refractivity contribution in [1.29, 1.82) is 0 Å². The maximum atomic E-state index is 5.28. The molecule has 2 rings (SSSR count). The number of rotatable bonds is 3. The molecule has 84 valence electrons. The summed E-state index contributed by atoms with van der Waals surface area (Å²) in [6.07, 6.45) is 0. The van der Waals surface area contributed by atoms with E-state index >= 15 is 0 Å². The van der Waals surface area contributed by atoms with Gasteiger partial charge in [0.1, 0.15) is 0 Å². The normalized spacial score (nSPS) is 18.3. The number of aromatic nitrogens is 2. The van der Waals surface area contributed by atoms with Gasteiger partial charge >= 0.3 is 0 Å². The molecule has 5 heteroatoms. The van der Waals surface area contributed by atoms with Crippen LogP contribution >= 0.6 is 0 Å². The third-order valence-corrected chi connectivity index (χ3v) is 2.77. The van der Waals surface area contributed by atoms with Gasteiger partial charge in [-0.25, -0.2) is 5.01 Å². The molecule has 0 saturated carbocycles. The summed E-state index contributed by atoms with van der Waals surface area (Å²) in [6.45, 7) is 8.46. The predicted octanol–water partition coefficient (Wildman–Crippen LogP) is 0.363. The average molecular weight is 210 g/mol. The number of hydrogen-bond acceptors (Lipinski definition) is 4. The number of nitrogens with zero attached hydrogens (tertiary/aromatic N) is 2. The van der Waals surface area contributed by atoms with Crippen LogP contribution in [-0.2, 0) is 11.3 Å². The largest absolute Gasteiger partial charge is 0.379 e. The Kier molecular flexibility index (Phi) is 3.35. The second-order valence-corrected chi connectivity index (χ2v) is 3.85. The minimum absolute atomic E-state index is 0.816. The van der Waals surface area contributed by atoms with Crippen molar-refractivity contribution in [2.75, 3.05) is 26.3 Å². The average Bonchev–Trinajstić information content (AvgIpc) is 2.58. The van der Waals surface area contributed by atoms with Crippen molar-refractivity contribution in [3.05, 3.63) is 17.0 Å². The molecule has 0 amide bonds. The summed E-state index contributed by atoms with van der Waals surface area (Å²) in [5.41, 5.74) is 6.89. The molecule has 0 spiro atoms. The number of ether oxygens (including phenoxy) is 1. The highest BCUT2D eigenvalue weighted by molar-refractivity contribution is 5.22. The lowest BCUT2D eigenvalue weighted by Gasteiger charge is -2.27. The molecule has 5 nitrogen and oxygen atoms in total. The van der Waals surface area contributed by atoms with Gasteiger partial charge in [0, 0.05) is 30.9 Å². The van der Waals surface area contributed by atoms with Crippen LogP contribution in [0.25, 0.3) is 0 Å². The molecule has 1 aromatic rings. The van der Waals surface area contributed by atoms with Crippen molar-refractivity contribution in [3.63, 3.8) is 0 Å². The Balaban J connectivity index is 1.87. The van der Waals surface area contributed by atoms with Crippen LogP contribution in [0.1, 0.15) is 17.0 Å². The van der Waals surface area contributed by atoms with Crippen LogP contribution in [-0.4, -0.2) is 41.5 Å². The molecule has 0 aromatic carbocycles. The monoisotopic (exact) mass is 210 g/mol. The summed E-state index contributed by atoms with van der Waals surface area (Å²) >= 11 is 0. The van der Waals surface area contributed by atoms with Crippen LogP contribution in [0.5, 0.6) is 0 Å². The van der Waals surface area contributed by atoms with Gasteiger partial charge in [-0.1, -0.05) is 0 Å². The van der Waals surface area contributed by atoms with Gasteiger partial charge in [-0.15, -0.1) is 0 Å². The number of aryl methyl sites for hydroxylation is 2. The molecule has 0 atom stereocenters. The van der Waals surface area contributed by atoms with E-state index in [0.29, 0.717) is 0 Å². The lowest BCUT2D eigenvalue weighted by Crippen LogP contribution is -2.45. The van der Waals surface area contributed by atoms with Crippen molar-refractivity contribution in [2.24, 2.45) is 0 Å². The molecule has 0 radical (unpaired) electrons. The van der Waals surface area contributed by atoms with Gasteiger partial charge in [0.05, 0.1) is 18.9 Å². The summed E-state index contributed by atoms with van der Waals surface area (Å²) in [5, 5.41) is 9.37. The van der Waals surface area contributed by atoms with E-state index in [4.69, 9.17) is 4.74 Å². The molecule has 2 N–H and O–H groups in total. The van der Waals surface area contributed by atoms with E-state index in [1.807, 2.05) is 6.92 Å². The van der Waals surface area contributed by atoms with Crippen molar-refractivity contribution in [2.45, 2.75) is 20.4 Å². The summed E-state index contributed by atoms with van der Waals surface area (Å²) in [5.74, 6) is 0. The highest BCUT2D eigenvalue weighted by Crippen LogP contribution is 2.08. The third kappa shape index (κ3) is 2.56. The van der Waals surface area contributed by atoms with Gasteiger partial charge < -0.3 is 4.74 Å². The van der Waals surface area contributed by atoms with Gasteiger partial charge in [-0.05, 0) is 13.8 Å². The van der Waals surface area contributed by atoms with Crippen LogP contribution in [0.3, 0.4) is 0 Å². The number of morpholine rings is 1. The Morgan fingerprint density at radius 1 is 1.40 bits per heavy atom. The zero-order valence-electron chi connectivity index (χ0n) is 9.34. The van der Waals surface area contributed by atoms with Gasteiger partial charge in [-0.3, -0.25) is 10.5 Å². The van der Waals surface area contributed by atoms with E-state index in [-0.39, 0.29) is 0 Å². The quantitative estimate of drug-likeness (QED) is 0.756. The van der Waals surface area contributed by atoms with E-state index < -0.39 is 0 Å². The Hall–Kier alpha value is -0.910. The van der Waals surface area contributed by atoms with Crippen LogP contribution in [0.4, 0.5) is 0 Å². The molecule has 1 aliphatic rings. The second kappa shape index (κ2) is 4.74. The number of hydrazine groups is 1. The molecule has 0 aliphatic carbocycles. The standard InChI is InChI=1S/C10H18N4O/c1-8-10(9(2)13-12-8)7-11-14-3-5-15-6-4-14/h11H,3-7H2,1-2H3,(H,12,13). The van der Waals surface area contributed by atoms with Crippen molar-refractivity contribution in [3.8, 4) is 0 Å². The summed E-state index contributed by atoms with van der Waals surface area (Å²) in [7, 11) is 0. The number of nitrogens with one attached hydrogen (secondary N) is 2. The minimum atomic E-state index is 0.816. The van der Waals surface area contributed by atoms with Crippen molar-refractivity contribution >= 4 is 0 Å². The van der Waals surface area contributed by atoms with Crippen molar-refractivity contribution < 1.29 is 4.74 Å². The Morgan fingerprint density at radius 2 is 2.13 bits per heavy atom. The first-order chi connectivity index (χ1) is 7.27. The number of H-pyrrole nitrogens is 1. The summed E-state index contributed by atoms with van der Waals surface area (Å²) < 4.78 is 5.28. The van der Waals surface area contributed by atoms with E-state index in [1.165, 1.54) is 5.56 Å². The highest BCUT2D eigenvalue weighted by Gasteiger charge is 2.11. The molecular weight excluding hydrogens is 192 g/mol. The maximum absolute atomic E-state index is 5.28. The molecule has 1 saturated heterocycles. The van der Waals surface area contributed by atoms with Crippen LogP contribution in [0.2, 0.25) is 0 Å². The molecule has 0 bridgehead atoms. The molecule has 2 heterocycles. The zero-order valence-corrected chi connectivity index (χ0v) is 9.34. The summed E-state index contributed by atoms with van der Waals surface area (Å²) in [6, 6.07) is 0. The first-order valence-electron chi connectivity index (χ1n) is 5.34. The lowest BCUT2D eigenvalue weighted by atomic mass is 10.2. The fourth-order valence-electron chi connectivity index (χ4n) is 1.75. The van der Waals surface area contributed by atoms with Crippen LogP contribution in [0, 0.1) is 13.8 Å². The van der Waals surface area contributed by atoms with Gasteiger partial charge in [-0.2, -0.15) is 5.10 Å². The number of aromatic amines is 1. The molecule has 15 heavy (non-hydrogen) atoms. The molecule has 1 aromatic heterocycles. The fraction of sp³-hybridized carbons (Fsp3) is 0.700. The van der Waals surface area contributed by atoms with Gasteiger partial charge in [0.25, 0.3) is 0 Å². The Morgan fingerprint density at radius 3 is 2.73 bits per heavy atom. The zero-order chi connectivity index (χ0) is 10.7. The highest BCUT2D eigenvalue weighted by atomic mass is 16.5. The molecular formula is C10H18N4O. The topological polar surface area (TPSA) is 53.2 Å². The fourth-order valence-corrected chi connectivity index (χ4v) is 1.75. The van der Waals surface area contributed by atoms with Crippen LogP contribution in [0.15, 0.2) is 0 Å². The second-order valence-electron chi connectivity index (χ2n) is 3.85. The van der Waals surface area contributed by atoms with Crippen molar-refractivity contribution in [1.82, 2.24) is 20.6 Å².